The van der Waals surface area contributed by atoms with Gasteiger partial charge in [-0.15, -0.1) is 0 Å². The molecule has 15 heavy (non-hydrogen) atoms. The largest absolute Gasteiger partial charge is 0.427 e. The van der Waals surface area contributed by atoms with Crippen molar-refractivity contribution in [3.8, 4) is 5.75 Å². The van der Waals surface area contributed by atoms with E-state index in [1.165, 1.54) is 18.1 Å². The fourth-order valence-electron chi connectivity index (χ4n) is 1.29. The van der Waals surface area contributed by atoms with E-state index in [1.807, 2.05) is 39.0 Å². The van der Waals surface area contributed by atoms with Gasteiger partial charge in [-0.25, -0.2) is 0 Å². The summed E-state index contributed by atoms with van der Waals surface area (Å²) in [6, 6.07) is 5.71. The van der Waals surface area contributed by atoms with Crippen LogP contribution in [-0.2, 0) is 11.2 Å². The van der Waals surface area contributed by atoms with Gasteiger partial charge >= 0.3 is 5.97 Å². The van der Waals surface area contributed by atoms with E-state index >= 15 is 0 Å². The molecule has 0 fully saturated rings. The smallest absolute Gasteiger partial charge is 0.308 e. The zero-order valence-corrected chi connectivity index (χ0v) is 10.3. The van der Waals surface area contributed by atoms with Crippen molar-refractivity contribution in [3.63, 3.8) is 0 Å². The van der Waals surface area contributed by atoms with Crippen LogP contribution in [0.2, 0.25) is 0 Å². The highest BCUT2D eigenvalue weighted by Crippen LogP contribution is 2.17. The highest BCUT2D eigenvalue weighted by molar-refractivity contribution is 5.69. The number of hydrogen-bond donors (Lipinski definition) is 0. The number of hydrogen-bond acceptors (Lipinski definition) is 2. The van der Waals surface area contributed by atoms with Crippen LogP contribution in [0.15, 0.2) is 18.2 Å². The van der Waals surface area contributed by atoms with E-state index in [1.54, 1.807) is 0 Å². The topological polar surface area (TPSA) is 26.3 Å². The lowest BCUT2D eigenvalue weighted by Crippen LogP contribution is -2.01. The zero-order valence-electron chi connectivity index (χ0n) is 10.3. The molecule has 0 aliphatic heterocycles. The van der Waals surface area contributed by atoms with Crippen molar-refractivity contribution in [2.75, 3.05) is 0 Å². The number of carbonyl (C=O) groups is 1. The van der Waals surface area contributed by atoms with Crippen LogP contribution in [0.3, 0.4) is 0 Å². The number of aryl methyl sites for hydroxylation is 2. The van der Waals surface area contributed by atoms with Crippen molar-refractivity contribution in [2.45, 2.75) is 41.0 Å². The van der Waals surface area contributed by atoms with E-state index in [9.17, 15) is 4.79 Å². The lowest BCUT2D eigenvalue weighted by Gasteiger charge is -2.05. The molecule has 0 radical (unpaired) electrons. The van der Waals surface area contributed by atoms with Gasteiger partial charge in [-0.05, 0) is 36.6 Å². The zero-order chi connectivity index (χ0) is 11.8. The number of benzene rings is 1. The van der Waals surface area contributed by atoms with Crippen LogP contribution in [0.25, 0.3) is 0 Å². The molecule has 2 heteroatoms. The van der Waals surface area contributed by atoms with Crippen molar-refractivity contribution in [1.82, 2.24) is 0 Å². The molecule has 0 bridgehead atoms. The quantitative estimate of drug-likeness (QED) is 0.549. The van der Waals surface area contributed by atoms with E-state index in [0.29, 0.717) is 5.75 Å². The first kappa shape index (κ1) is 13.7. The Morgan fingerprint density at radius 2 is 1.93 bits per heavy atom. The molecule has 1 aromatic carbocycles. The Bertz CT molecular complexity index is 316. The molecule has 0 aromatic heterocycles. The van der Waals surface area contributed by atoms with Crippen LogP contribution in [0, 0.1) is 6.92 Å². The Labute approximate surface area is 92.3 Å². The summed E-state index contributed by atoms with van der Waals surface area (Å²) in [5, 5.41) is 0. The molecule has 0 aliphatic rings. The average Bonchev–Trinajstić information content (AvgIpc) is 2.20. The summed E-state index contributed by atoms with van der Waals surface area (Å²) in [5.74, 6) is 0.353. The van der Waals surface area contributed by atoms with Crippen LogP contribution >= 0.6 is 0 Å². The maximum Gasteiger partial charge on any atom is 0.308 e. The van der Waals surface area contributed by atoms with Crippen molar-refractivity contribution in [1.29, 1.82) is 0 Å². The summed E-state index contributed by atoms with van der Waals surface area (Å²) in [5.41, 5.74) is 2.46. The normalized spacial score (nSPS) is 8.87. The van der Waals surface area contributed by atoms with Gasteiger partial charge in [0.05, 0.1) is 0 Å². The number of rotatable bonds is 2. The molecule has 0 heterocycles. The molecular formula is C13H20O2. The standard InChI is InChI=1S/C11H14O2.C2H6/c1-4-10-5-6-11(7-8(10)2)13-9(3)12;1-2/h5-7H,4H2,1-3H3;1-2H3. The second kappa shape index (κ2) is 7.04. The van der Waals surface area contributed by atoms with Gasteiger partial charge in [0.1, 0.15) is 5.75 Å². The molecular weight excluding hydrogens is 188 g/mol. The van der Waals surface area contributed by atoms with E-state index in [4.69, 9.17) is 4.74 Å². The minimum absolute atomic E-state index is 0.274. The summed E-state index contributed by atoms with van der Waals surface area (Å²) >= 11 is 0. The fraction of sp³-hybridized carbons (Fsp3) is 0.462. The number of ether oxygens (including phenoxy) is 1. The summed E-state index contributed by atoms with van der Waals surface area (Å²) in [7, 11) is 0. The third-order valence-electron chi connectivity index (χ3n) is 1.96. The maximum atomic E-state index is 10.7. The molecule has 0 spiro atoms. The van der Waals surface area contributed by atoms with E-state index in [-0.39, 0.29) is 5.97 Å². The predicted octanol–water partition coefficient (Wildman–Crippen LogP) is 3.51. The molecule has 0 saturated heterocycles. The molecule has 0 amide bonds. The maximum absolute atomic E-state index is 10.7. The summed E-state index contributed by atoms with van der Waals surface area (Å²) in [4.78, 5) is 10.7. The second-order valence-corrected chi connectivity index (χ2v) is 3.04. The van der Waals surface area contributed by atoms with Crippen LogP contribution in [-0.4, -0.2) is 5.97 Å². The van der Waals surface area contributed by atoms with Crippen LogP contribution < -0.4 is 4.74 Å². The SMILES string of the molecule is CC.CCc1ccc(OC(C)=O)cc1C. The molecule has 0 N–H and O–H groups in total. The molecule has 1 rings (SSSR count). The molecule has 0 unspecified atom stereocenters. The second-order valence-electron chi connectivity index (χ2n) is 3.04. The monoisotopic (exact) mass is 208 g/mol. The molecule has 84 valence electrons. The molecule has 0 saturated carbocycles. The Morgan fingerprint density at radius 3 is 2.33 bits per heavy atom. The first-order chi connectivity index (χ1) is 7.13. The van der Waals surface area contributed by atoms with Crippen LogP contribution in [0.4, 0.5) is 0 Å². The Hall–Kier alpha value is -1.31. The van der Waals surface area contributed by atoms with Crippen molar-refractivity contribution in [3.05, 3.63) is 29.3 Å². The Balaban J connectivity index is 0.000000921. The first-order valence-corrected chi connectivity index (χ1v) is 5.41. The van der Waals surface area contributed by atoms with Crippen LogP contribution in [0.5, 0.6) is 5.75 Å². The van der Waals surface area contributed by atoms with Gasteiger partial charge in [0.25, 0.3) is 0 Å². The van der Waals surface area contributed by atoms with Gasteiger partial charge in [-0.1, -0.05) is 26.8 Å². The summed E-state index contributed by atoms with van der Waals surface area (Å²) in [6.07, 6.45) is 1.01. The lowest BCUT2D eigenvalue weighted by atomic mass is 10.1. The van der Waals surface area contributed by atoms with Crippen LogP contribution in [0.1, 0.15) is 38.8 Å². The molecule has 0 aliphatic carbocycles. The van der Waals surface area contributed by atoms with Gasteiger partial charge in [-0.3, -0.25) is 4.79 Å². The fourth-order valence-corrected chi connectivity index (χ4v) is 1.29. The van der Waals surface area contributed by atoms with Gasteiger partial charge in [-0.2, -0.15) is 0 Å². The minimum Gasteiger partial charge on any atom is -0.427 e. The first-order valence-electron chi connectivity index (χ1n) is 5.41. The van der Waals surface area contributed by atoms with E-state index in [2.05, 4.69) is 6.92 Å². The molecule has 2 nitrogen and oxygen atoms in total. The Morgan fingerprint density at radius 1 is 1.33 bits per heavy atom. The molecule has 0 atom stereocenters. The highest BCUT2D eigenvalue weighted by atomic mass is 16.5. The number of carbonyl (C=O) groups excluding carboxylic acids is 1. The molecule has 1 aromatic rings. The third kappa shape index (κ3) is 4.63. The minimum atomic E-state index is -0.274. The van der Waals surface area contributed by atoms with Gasteiger partial charge in [0.15, 0.2) is 0 Å². The highest BCUT2D eigenvalue weighted by Gasteiger charge is 2.00. The number of esters is 1. The van der Waals surface area contributed by atoms with Gasteiger partial charge < -0.3 is 4.74 Å². The van der Waals surface area contributed by atoms with Crippen molar-refractivity contribution < 1.29 is 9.53 Å². The lowest BCUT2D eigenvalue weighted by molar-refractivity contribution is -0.131. The van der Waals surface area contributed by atoms with Gasteiger partial charge in [0.2, 0.25) is 0 Å². The van der Waals surface area contributed by atoms with E-state index < -0.39 is 0 Å². The predicted molar refractivity (Wildman–Crippen MR) is 63.2 cm³/mol. The third-order valence-corrected chi connectivity index (χ3v) is 1.96. The van der Waals surface area contributed by atoms with Crippen molar-refractivity contribution >= 4 is 5.97 Å². The van der Waals surface area contributed by atoms with Gasteiger partial charge in [0, 0.05) is 6.92 Å². The Kier molecular flexibility index (Phi) is 6.43. The summed E-state index contributed by atoms with van der Waals surface area (Å²) < 4.78 is 4.96. The van der Waals surface area contributed by atoms with E-state index in [0.717, 1.165) is 6.42 Å². The average molecular weight is 208 g/mol. The van der Waals surface area contributed by atoms with Crippen molar-refractivity contribution in [2.24, 2.45) is 0 Å². The summed E-state index contributed by atoms with van der Waals surface area (Å²) in [6.45, 7) is 9.53.